The van der Waals surface area contributed by atoms with E-state index in [1.807, 2.05) is 31.1 Å². The van der Waals surface area contributed by atoms with Gasteiger partial charge in [0.15, 0.2) is 5.76 Å². The van der Waals surface area contributed by atoms with Crippen molar-refractivity contribution in [1.29, 1.82) is 0 Å². The van der Waals surface area contributed by atoms with Gasteiger partial charge in [-0.3, -0.25) is 0 Å². The van der Waals surface area contributed by atoms with E-state index in [9.17, 15) is 0 Å². The molecule has 4 nitrogen and oxygen atoms in total. The van der Waals surface area contributed by atoms with Crippen molar-refractivity contribution in [2.45, 2.75) is 0 Å². The summed E-state index contributed by atoms with van der Waals surface area (Å²) in [7, 11) is 3.91. The van der Waals surface area contributed by atoms with Gasteiger partial charge >= 0.3 is 0 Å². The number of nitrogen functional groups attached to an aromatic ring is 2. The number of rotatable bonds is 2. The minimum atomic E-state index is 0.659. The largest absolute Gasteiger partial charge is 0.462 e. The van der Waals surface area contributed by atoms with Crippen LogP contribution in [0.3, 0.4) is 0 Å². The Morgan fingerprint density at radius 3 is 2.56 bits per heavy atom. The zero-order chi connectivity index (χ0) is 11.7. The van der Waals surface area contributed by atoms with E-state index in [0.717, 1.165) is 17.0 Å². The average Bonchev–Trinajstić information content (AvgIpc) is 2.70. The quantitative estimate of drug-likeness (QED) is 0.756. The SMILES string of the molecule is CN(C)c1ccoc1-c1cc(N)ccc1N. The van der Waals surface area contributed by atoms with E-state index in [1.165, 1.54) is 0 Å². The third-order valence-electron chi connectivity index (χ3n) is 2.45. The number of benzene rings is 1. The lowest BCUT2D eigenvalue weighted by molar-refractivity contribution is 0.582. The summed E-state index contributed by atoms with van der Waals surface area (Å²) in [5, 5.41) is 0. The summed E-state index contributed by atoms with van der Waals surface area (Å²) < 4.78 is 5.47. The molecule has 2 aromatic rings. The zero-order valence-corrected chi connectivity index (χ0v) is 9.40. The second-order valence-electron chi connectivity index (χ2n) is 3.88. The number of hydrogen-bond donors (Lipinski definition) is 2. The van der Waals surface area contributed by atoms with Gasteiger partial charge in [0, 0.05) is 37.1 Å². The van der Waals surface area contributed by atoms with Gasteiger partial charge in [0.05, 0.1) is 12.0 Å². The molecule has 0 amide bonds. The summed E-state index contributed by atoms with van der Waals surface area (Å²) in [4.78, 5) is 1.97. The van der Waals surface area contributed by atoms with Gasteiger partial charge in [0.2, 0.25) is 0 Å². The van der Waals surface area contributed by atoms with Gasteiger partial charge in [-0.25, -0.2) is 0 Å². The average molecular weight is 217 g/mol. The summed E-state index contributed by atoms with van der Waals surface area (Å²) in [6.07, 6.45) is 1.65. The molecule has 0 fully saturated rings. The number of nitrogens with two attached hydrogens (primary N) is 2. The molecule has 4 heteroatoms. The standard InChI is InChI=1S/C12H15N3O/c1-15(2)11-5-6-16-12(11)9-7-8(13)3-4-10(9)14/h3-7H,13-14H2,1-2H3. The van der Waals surface area contributed by atoms with E-state index in [0.29, 0.717) is 11.4 Å². The molecule has 0 bridgehead atoms. The van der Waals surface area contributed by atoms with Crippen molar-refractivity contribution in [3.8, 4) is 11.3 Å². The summed E-state index contributed by atoms with van der Waals surface area (Å²) in [5.74, 6) is 0.745. The molecule has 4 N–H and O–H groups in total. The Morgan fingerprint density at radius 1 is 1.12 bits per heavy atom. The normalized spacial score (nSPS) is 10.4. The first-order chi connectivity index (χ1) is 7.59. The number of hydrogen-bond acceptors (Lipinski definition) is 4. The maximum atomic E-state index is 5.92. The lowest BCUT2D eigenvalue weighted by Crippen LogP contribution is -2.08. The van der Waals surface area contributed by atoms with Crippen molar-refractivity contribution < 1.29 is 4.42 Å². The highest BCUT2D eigenvalue weighted by Crippen LogP contribution is 2.35. The van der Waals surface area contributed by atoms with Crippen molar-refractivity contribution in [2.24, 2.45) is 0 Å². The van der Waals surface area contributed by atoms with Crippen LogP contribution in [0.15, 0.2) is 34.9 Å². The van der Waals surface area contributed by atoms with Gasteiger partial charge in [-0.05, 0) is 18.2 Å². The lowest BCUT2D eigenvalue weighted by atomic mass is 10.1. The maximum absolute atomic E-state index is 5.92. The maximum Gasteiger partial charge on any atom is 0.159 e. The highest BCUT2D eigenvalue weighted by Gasteiger charge is 2.13. The van der Waals surface area contributed by atoms with Gasteiger partial charge in [-0.15, -0.1) is 0 Å². The molecule has 1 aromatic carbocycles. The fourth-order valence-corrected chi connectivity index (χ4v) is 1.63. The lowest BCUT2D eigenvalue weighted by Gasteiger charge is -2.13. The van der Waals surface area contributed by atoms with E-state index < -0.39 is 0 Å². The Bertz CT molecular complexity index is 503. The number of nitrogens with zero attached hydrogens (tertiary/aromatic N) is 1. The molecule has 1 heterocycles. The van der Waals surface area contributed by atoms with E-state index in [1.54, 1.807) is 18.4 Å². The Kier molecular flexibility index (Phi) is 2.48. The fourth-order valence-electron chi connectivity index (χ4n) is 1.63. The van der Waals surface area contributed by atoms with Crippen LogP contribution in [0.5, 0.6) is 0 Å². The summed E-state index contributed by atoms with van der Waals surface area (Å²) in [6, 6.07) is 7.28. The molecule has 0 radical (unpaired) electrons. The zero-order valence-electron chi connectivity index (χ0n) is 9.40. The molecule has 0 aliphatic heterocycles. The number of anilines is 3. The summed E-state index contributed by atoms with van der Waals surface area (Å²) in [6.45, 7) is 0. The van der Waals surface area contributed by atoms with Crippen molar-refractivity contribution in [1.82, 2.24) is 0 Å². The molecule has 0 aliphatic rings. The monoisotopic (exact) mass is 217 g/mol. The third-order valence-corrected chi connectivity index (χ3v) is 2.45. The number of furan rings is 1. The van der Waals surface area contributed by atoms with Crippen LogP contribution in [0, 0.1) is 0 Å². The van der Waals surface area contributed by atoms with Gasteiger partial charge in [-0.1, -0.05) is 0 Å². The molecular formula is C12H15N3O. The van der Waals surface area contributed by atoms with Crippen molar-refractivity contribution in [3.05, 3.63) is 30.5 Å². The fraction of sp³-hybridized carbons (Fsp3) is 0.167. The second kappa shape index (κ2) is 3.81. The minimum absolute atomic E-state index is 0.659. The third kappa shape index (κ3) is 1.69. The van der Waals surface area contributed by atoms with Crippen LogP contribution in [-0.2, 0) is 0 Å². The molecule has 0 atom stereocenters. The second-order valence-corrected chi connectivity index (χ2v) is 3.88. The highest BCUT2D eigenvalue weighted by molar-refractivity contribution is 5.83. The smallest absolute Gasteiger partial charge is 0.159 e. The van der Waals surface area contributed by atoms with Gasteiger partial charge in [-0.2, -0.15) is 0 Å². The summed E-state index contributed by atoms with van der Waals surface area (Å²) in [5.41, 5.74) is 14.8. The molecule has 0 saturated heterocycles. The van der Waals surface area contributed by atoms with Crippen LogP contribution in [-0.4, -0.2) is 14.1 Å². The van der Waals surface area contributed by atoms with E-state index in [4.69, 9.17) is 15.9 Å². The van der Waals surface area contributed by atoms with E-state index in [2.05, 4.69) is 0 Å². The molecule has 0 unspecified atom stereocenters. The Morgan fingerprint density at radius 2 is 1.88 bits per heavy atom. The molecule has 84 valence electrons. The van der Waals surface area contributed by atoms with Crippen LogP contribution in [0.25, 0.3) is 11.3 Å². The van der Waals surface area contributed by atoms with Crippen LogP contribution in [0.1, 0.15) is 0 Å². The molecule has 1 aromatic heterocycles. The van der Waals surface area contributed by atoms with Crippen LogP contribution in [0.2, 0.25) is 0 Å². The highest BCUT2D eigenvalue weighted by atomic mass is 16.3. The summed E-state index contributed by atoms with van der Waals surface area (Å²) >= 11 is 0. The molecule has 16 heavy (non-hydrogen) atoms. The van der Waals surface area contributed by atoms with Crippen LogP contribution < -0.4 is 16.4 Å². The molecule has 0 saturated carbocycles. The first kappa shape index (κ1) is 10.4. The van der Waals surface area contributed by atoms with Gasteiger partial charge in [0.1, 0.15) is 0 Å². The van der Waals surface area contributed by atoms with Gasteiger partial charge < -0.3 is 20.8 Å². The topological polar surface area (TPSA) is 68.4 Å². The first-order valence-electron chi connectivity index (χ1n) is 5.00. The predicted octanol–water partition coefficient (Wildman–Crippen LogP) is 2.18. The van der Waals surface area contributed by atoms with Crippen molar-refractivity contribution in [2.75, 3.05) is 30.5 Å². The minimum Gasteiger partial charge on any atom is -0.462 e. The van der Waals surface area contributed by atoms with E-state index >= 15 is 0 Å². The first-order valence-corrected chi connectivity index (χ1v) is 5.00. The van der Waals surface area contributed by atoms with Gasteiger partial charge in [0.25, 0.3) is 0 Å². The molecule has 2 rings (SSSR count). The van der Waals surface area contributed by atoms with Crippen LogP contribution in [0.4, 0.5) is 17.1 Å². The Labute approximate surface area is 94.5 Å². The van der Waals surface area contributed by atoms with Crippen molar-refractivity contribution in [3.63, 3.8) is 0 Å². The van der Waals surface area contributed by atoms with Crippen LogP contribution >= 0.6 is 0 Å². The van der Waals surface area contributed by atoms with Crippen molar-refractivity contribution >= 4 is 17.1 Å². The Hall–Kier alpha value is -2.10. The predicted molar refractivity (Wildman–Crippen MR) is 67.3 cm³/mol. The molecule has 0 aliphatic carbocycles. The molecule has 0 spiro atoms. The molecular weight excluding hydrogens is 202 g/mol. The van der Waals surface area contributed by atoms with E-state index in [-0.39, 0.29) is 0 Å². The Balaban J connectivity index is 2.58.